The lowest BCUT2D eigenvalue weighted by molar-refractivity contribution is 0.263. The van der Waals surface area contributed by atoms with Gasteiger partial charge >= 0.3 is 0 Å². The number of nitrogens with zero attached hydrogens (tertiary/aromatic N) is 3. The molecule has 0 aliphatic carbocycles. The van der Waals surface area contributed by atoms with Crippen molar-refractivity contribution in [2.75, 3.05) is 38.7 Å². The van der Waals surface area contributed by atoms with Gasteiger partial charge in [0.25, 0.3) is 0 Å². The molecular formula is C16H28N4S. The summed E-state index contributed by atoms with van der Waals surface area (Å²) >= 11 is 2.00. The van der Waals surface area contributed by atoms with E-state index in [2.05, 4.69) is 38.0 Å². The first-order valence-corrected chi connectivity index (χ1v) is 8.95. The van der Waals surface area contributed by atoms with Crippen molar-refractivity contribution in [1.29, 1.82) is 0 Å². The van der Waals surface area contributed by atoms with E-state index in [1.54, 1.807) is 0 Å². The molecule has 1 aromatic rings. The lowest BCUT2D eigenvalue weighted by Crippen LogP contribution is -2.34. The molecule has 1 fully saturated rings. The van der Waals surface area contributed by atoms with Crippen LogP contribution in [-0.2, 0) is 6.42 Å². The van der Waals surface area contributed by atoms with Crippen molar-refractivity contribution < 1.29 is 0 Å². The number of rotatable bonds is 5. The third-order valence-corrected chi connectivity index (χ3v) is 5.26. The van der Waals surface area contributed by atoms with Crippen molar-refractivity contribution in [2.24, 2.45) is 5.92 Å². The van der Waals surface area contributed by atoms with Crippen molar-refractivity contribution in [2.45, 2.75) is 33.2 Å². The van der Waals surface area contributed by atoms with Gasteiger partial charge in [0.15, 0.2) is 0 Å². The van der Waals surface area contributed by atoms with Crippen LogP contribution in [-0.4, -0.2) is 53.6 Å². The molecule has 1 saturated heterocycles. The minimum atomic E-state index is 0.366. The highest BCUT2D eigenvalue weighted by molar-refractivity contribution is 7.99. The highest BCUT2D eigenvalue weighted by Crippen LogP contribution is 2.27. The first-order chi connectivity index (χ1) is 10.0. The Bertz CT molecular complexity index is 454. The van der Waals surface area contributed by atoms with Crippen LogP contribution >= 0.6 is 11.8 Å². The van der Waals surface area contributed by atoms with Crippen molar-refractivity contribution in [3.8, 4) is 0 Å². The normalized spacial score (nSPS) is 21.5. The van der Waals surface area contributed by atoms with E-state index in [1.165, 1.54) is 11.3 Å². The van der Waals surface area contributed by atoms with Crippen LogP contribution in [0.1, 0.15) is 35.7 Å². The number of thioether (sulfide) groups is 1. The van der Waals surface area contributed by atoms with Gasteiger partial charge in [-0.2, -0.15) is 11.8 Å². The fraction of sp³-hybridized carbons (Fsp3) is 0.750. The van der Waals surface area contributed by atoms with Gasteiger partial charge in [0, 0.05) is 29.4 Å². The van der Waals surface area contributed by atoms with Crippen LogP contribution in [0.4, 0.5) is 0 Å². The van der Waals surface area contributed by atoms with Crippen molar-refractivity contribution in [1.82, 2.24) is 20.2 Å². The molecule has 1 aliphatic rings. The second-order valence-electron chi connectivity index (χ2n) is 6.17. The minimum Gasteiger partial charge on any atom is -0.319 e. The molecule has 4 nitrogen and oxygen atoms in total. The Balaban J connectivity index is 2.20. The van der Waals surface area contributed by atoms with Gasteiger partial charge in [0.05, 0.1) is 6.04 Å². The van der Waals surface area contributed by atoms with Gasteiger partial charge in [-0.1, -0.05) is 6.92 Å². The largest absolute Gasteiger partial charge is 0.319 e. The molecule has 1 aliphatic heterocycles. The van der Waals surface area contributed by atoms with Gasteiger partial charge < -0.3 is 5.32 Å². The summed E-state index contributed by atoms with van der Waals surface area (Å²) in [5.74, 6) is 3.93. The van der Waals surface area contributed by atoms with Crippen LogP contribution in [0.15, 0.2) is 0 Å². The molecule has 118 valence electrons. The molecule has 21 heavy (non-hydrogen) atoms. The van der Waals surface area contributed by atoms with Crippen LogP contribution < -0.4 is 5.32 Å². The summed E-state index contributed by atoms with van der Waals surface area (Å²) in [4.78, 5) is 12.1. The fourth-order valence-electron chi connectivity index (χ4n) is 2.94. The third kappa shape index (κ3) is 4.18. The zero-order valence-corrected chi connectivity index (χ0v) is 14.8. The summed E-state index contributed by atoms with van der Waals surface area (Å²) in [5, 5.41) is 3.25. The van der Waals surface area contributed by atoms with Crippen molar-refractivity contribution in [3.05, 3.63) is 22.8 Å². The number of hydrogen-bond donors (Lipinski definition) is 1. The Morgan fingerprint density at radius 3 is 2.57 bits per heavy atom. The second-order valence-corrected chi connectivity index (χ2v) is 7.32. The number of hydrogen-bond acceptors (Lipinski definition) is 5. The number of aromatic nitrogens is 2. The van der Waals surface area contributed by atoms with E-state index in [-0.39, 0.29) is 0 Å². The molecule has 2 heterocycles. The maximum atomic E-state index is 4.83. The van der Waals surface area contributed by atoms with Crippen molar-refractivity contribution >= 4 is 11.8 Å². The maximum absolute atomic E-state index is 4.83. The number of aryl methyl sites for hydroxylation is 2. The minimum absolute atomic E-state index is 0.366. The van der Waals surface area contributed by atoms with E-state index >= 15 is 0 Å². The Kier molecular flexibility index (Phi) is 6.02. The fourth-order valence-corrected chi connectivity index (χ4v) is 4.15. The summed E-state index contributed by atoms with van der Waals surface area (Å²) in [6.07, 6.45) is 1.05. The third-order valence-electron chi connectivity index (χ3n) is 4.24. The average molecular weight is 308 g/mol. The first kappa shape index (κ1) is 16.7. The first-order valence-electron chi connectivity index (χ1n) is 7.79. The van der Waals surface area contributed by atoms with Gasteiger partial charge in [-0.05, 0) is 52.4 Å². The molecule has 5 heteroatoms. The van der Waals surface area contributed by atoms with Gasteiger partial charge in [-0.25, -0.2) is 9.97 Å². The molecule has 2 rings (SSSR count). The Labute approximate surface area is 133 Å². The summed E-state index contributed by atoms with van der Waals surface area (Å²) in [5.41, 5.74) is 3.64. The Hall–Kier alpha value is -0.650. The van der Waals surface area contributed by atoms with E-state index in [0.29, 0.717) is 12.0 Å². The van der Waals surface area contributed by atoms with Gasteiger partial charge in [-0.15, -0.1) is 0 Å². The SMILES string of the molecule is CNCC(C)Cc1c(C)nc(C2CSCCN2C)nc1C. The molecular weight excluding hydrogens is 280 g/mol. The van der Waals surface area contributed by atoms with Crippen LogP contribution in [0.2, 0.25) is 0 Å². The second kappa shape index (κ2) is 7.56. The lowest BCUT2D eigenvalue weighted by atomic mass is 9.98. The zero-order chi connectivity index (χ0) is 15.4. The van der Waals surface area contributed by atoms with Crippen LogP contribution in [0.25, 0.3) is 0 Å². The van der Waals surface area contributed by atoms with Crippen LogP contribution in [0.3, 0.4) is 0 Å². The highest BCUT2D eigenvalue weighted by Gasteiger charge is 2.25. The van der Waals surface area contributed by atoms with Gasteiger partial charge in [0.2, 0.25) is 0 Å². The van der Waals surface area contributed by atoms with Crippen LogP contribution in [0.5, 0.6) is 0 Å². The summed E-state index contributed by atoms with van der Waals surface area (Å²) in [6.45, 7) is 8.69. The molecule has 0 bridgehead atoms. The molecule has 2 atom stereocenters. The van der Waals surface area contributed by atoms with E-state index < -0.39 is 0 Å². The molecule has 2 unspecified atom stereocenters. The van der Waals surface area contributed by atoms with Gasteiger partial charge in [-0.3, -0.25) is 4.90 Å². The quantitative estimate of drug-likeness (QED) is 0.903. The zero-order valence-electron chi connectivity index (χ0n) is 13.9. The molecule has 1 aromatic heterocycles. The predicted octanol–water partition coefficient (Wildman–Crippen LogP) is 2.21. The molecule has 0 radical (unpaired) electrons. The smallest absolute Gasteiger partial charge is 0.146 e. The van der Waals surface area contributed by atoms with E-state index in [4.69, 9.17) is 9.97 Å². The average Bonchev–Trinajstić information content (AvgIpc) is 2.43. The van der Waals surface area contributed by atoms with E-state index in [9.17, 15) is 0 Å². The summed E-state index contributed by atoms with van der Waals surface area (Å²) in [6, 6.07) is 0.366. The molecule has 0 aromatic carbocycles. The monoisotopic (exact) mass is 308 g/mol. The predicted molar refractivity (Wildman–Crippen MR) is 91.0 cm³/mol. The molecule has 0 saturated carbocycles. The topological polar surface area (TPSA) is 41.1 Å². The maximum Gasteiger partial charge on any atom is 0.146 e. The Morgan fingerprint density at radius 2 is 2.00 bits per heavy atom. The lowest BCUT2D eigenvalue weighted by Gasteiger charge is -2.31. The number of nitrogens with one attached hydrogen (secondary N) is 1. The summed E-state index contributed by atoms with van der Waals surface area (Å²) < 4.78 is 0. The Morgan fingerprint density at radius 1 is 1.33 bits per heavy atom. The molecule has 0 amide bonds. The van der Waals surface area contributed by atoms with Gasteiger partial charge in [0.1, 0.15) is 5.82 Å². The highest BCUT2D eigenvalue weighted by atomic mass is 32.2. The standard InChI is InChI=1S/C16H28N4S/c1-11(9-17-4)8-14-12(2)18-16(19-13(14)3)15-10-21-7-6-20(15)5/h11,15,17H,6-10H2,1-5H3. The molecule has 0 spiro atoms. The van der Waals surface area contributed by atoms with Crippen LogP contribution in [0, 0.1) is 19.8 Å². The van der Waals surface area contributed by atoms with E-state index in [0.717, 1.165) is 42.5 Å². The summed E-state index contributed by atoms with van der Waals surface area (Å²) in [7, 11) is 4.19. The molecule has 1 N–H and O–H groups in total. The van der Waals surface area contributed by atoms with E-state index in [1.807, 2.05) is 18.8 Å². The van der Waals surface area contributed by atoms with Crippen molar-refractivity contribution in [3.63, 3.8) is 0 Å².